The van der Waals surface area contributed by atoms with Crippen molar-refractivity contribution in [2.45, 2.75) is 20.8 Å². The summed E-state index contributed by atoms with van der Waals surface area (Å²) in [7, 11) is 1.69. The van der Waals surface area contributed by atoms with Crippen molar-refractivity contribution in [3.05, 3.63) is 23.8 Å². The van der Waals surface area contributed by atoms with Gasteiger partial charge in [-0.05, 0) is 43.0 Å². The minimum atomic E-state index is 0.486. The number of methoxy groups -OCH3 is 1. The van der Waals surface area contributed by atoms with Crippen molar-refractivity contribution < 1.29 is 4.74 Å². The number of hydrogen-bond acceptors (Lipinski definition) is 3. The van der Waals surface area contributed by atoms with Gasteiger partial charge < -0.3 is 15.8 Å². The van der Waals surface area contributed by atoms with Crippen molar-refractivity contribution in [1.29, 1.82) is 0 Å². The first-order valence-corrected chi connectivity index (χ1v) is 6.17. The highest BCUT2D eigenvalue weighted by Crippen LogP contribution is 2.25. The van der Waals surface area contributed by atoms with Crippen LogP contribution in [-0.4, -0.2) is 20.2 Å². The molecule has 0 heterocycles. The van der Waals surface area contributed by atoms with Gasteiger partial charge in [0.1, 0.15) is 5.75 Å². The maximum Gasteiger partial charge on any atom is 0.141 e. The molecule has 0 fully saturated rings. The molecule has 0 radical (unpaired) electrons. The molecule has 3 N–H and O–H groups in total. The molecular formula is C14H24N2O. The molecule has 1 aromatic carbocycles. The molecule has 0 aliphatic carbocycles. The third-order valence-corrected chi connectivity index (χ3v) is 3.16. The van der Waals surface area contributed by atoms with Crippen molar-refractivity contribution in [3.8, 4) is 5.75 Å². The van der Waals surface area contributed by atoms with E-state index in [0.29, 0.717) is 18.4 Å². The molecule has 0 saturated heterocycles. The van der Waals surface area contributed by atoms with Gasteiger partial charge in [-0.15, -0.1) is 0 Å². The van der Waals surface area contributed by atoms with Crippen LogP contribution in [0.15, 0.2) is 18.2 Å². The lowest BCUT2D eigenvalue weighted by Crippen LogP contribution is -2.27. The van der Waals surface area contributed by atoms with Crippen molar-refractivity contribution >= 4 is 5.69 Å². The predicted molar refractivity (Wildman–Crippen MR) is 73.6 cm³/mol. The number of rotatable bonds is 6. The average molecular weight is 236 g/mol. The molecule has 1 aromatic rings. The van der Waals surface area contributed by atoms with Crippen molar-refractivity contribution in [3.63, 3.8) is 0 Å². The Hall–Kier alpha value is -1.22. The fourth-order valence-electron chi connectivity index (χ4n) is 1.79. The molecule has 1 unspecified atom stereocenters. The van der Waals surface area contributed by atoms with Crippen LogP contribution in [0.25, 0.3) is 0 Å². The van der Waals surface area contributed by atoms with Crippen LogP contribution in [0.3, 0.4) is 0 Å². The second-order valence-electron chi connectivity index (χ2n) is 4.82. The molecule has 0 spiro atoms. The van der Waals surface area contributed by atoms with Crippen LogP contribution in [0.4, 0.5) is 5.69 Å². The van der Waals surface area contributed by atoms with Gasteiger partial charge >= 0.3 is 0 Å². The highest BCUT2D eigenvalue weighted by Gasteiger charge is 2.12. The maximum atomic E-state index is 5.77. The third kappa shape index (κ3) is 3.93. The van der Waals surface area contributed by atoms with Gasteiger partial charge in [-0.25, -0.2) is 0 Å². The minimum absolute atomic E-state index is 0.486. The number of ether oxygens (including phenoxy) is 1. The number of nitrogens with one attached hydrogen (secondary N) is 1. The van der Waals surface area contributed by atoms with Gasteiger partial charge in [-0.1, -0.05) is 19.9 Å². The zero-order valence-electron chi connectivity index (χ0n) is 11.3. The van der Waals surface area contributed by atoms with Crippen LogP contribution >= 0.6 is 0 Å². The molecule has 0 aromatic heterocycles. The summed E-state index contributed by atoms with van der Waals surface area (Å²) in [6, 6.07) is 6.14. The van der Waals surface area contributed by atoms with Crippen molar-refractivity contribution in [2.75, 3.05) is 25.5 Å². The molecule has 17 heavy (non-hydrogen) atoms. The number of nitrogens with two attached hydrogens (primary N) is 1. The zero-order valence-corrected chi connectivity index (χ0v) is 11.3. The Morgan fingerprint density at radius 2 is 2.06 bits per heavy atom. The Labute approximate surface area is 104 Å². The Bertz CT molecular complexity index is 350. The molecule has 0 amide bonds. The lowest BCUT2D eigenvalue weighted by atomic mass is 9.96. The molecule has 1 atom stereocenters. The summed E-state index contributed by atoms with van der Waals surface area (Å²) in [5.41, 5.74) is 8.04. The number of anilines is 1. The fourth-order valence-corrected chi connectivity index (χ4v) is 1.79. The molecule has 1 rings (SSSR count). The second kappa shape index (κ2) is 6.50. The number of aryl methyl sites for hydroxylation is 1. The van der Waals surface area contributed by atoms with Crippen LogP contribution in [-0.2, 0) is 0 Å². The summed E-state index contributed by atoms with van der Waals surface area (Å²) in [5, 5.41) is 3.43. The molecule has 0 aliphatic heterocycles. The van der Waals surface area contributed by atoms with Crippen LogP contribution < -0.4 is 15.8 Å². The Balaban J connectivity index is 2.70. The summed E-state index contributed by atoms with van der Waals surface area (Å²) in [6.45, 7) is 8.07. The van der Waals surface area contributed by atoms with E-state index in [4.69, 9.17) is 10.5 Å². The van der Waals surface area contributed by atoms with Crippen molar-refractivity contribution in [1.82, 2.24) is 0 Å². The normalized spacial score (nSPS) is 12.6. The summed E-state index contributed by atoms with van der Waals surface area (Å²) in [4.78, 5) is 0. The Kier molecular flexibility index (Phi) is 5.29. The van der Waals surface area contributed by atoms with E-state index in [9.17, 15) is 0 Å². The van der Waals surface area contributed by atoms with Crippen LogP contribution in [0, 0.1) is 18.8 Å². The monoisotopic (exact) mass is 236 g/mol. The molecule has 96 valence electrons. The average Bonchev–Trinajstić information content (AvgIpc) is 2.29. The van der Waals surface area contributed by atoms with E-state index in [1.54, 1.807) is 7.11 Å². The van der Waals surface area contributed by atoms with Gasteiger partial charge in [0, 0.05) is 6.54 Å². The van der Waals surface area contributed by atoms with E-state index < -0.39 is 0 Å². The largest absolute Gasteiger partial charge is 0.495 e. The number of hydrogen-bond donors (Lipinski definition) is 2. The smallest absolute Gasteiger partial charge is 0.141 e. The molecular weight excluding hydrogens is 212 g/mol. The first kappa shape index (κ1) is 13.8. The van der Waals surface area contributed by atoms with Gasteiger partial charge in [0.2, 0.25) is 0 Å². The standard InChI is InChI=1S/C14H24N2O/c1-10(2)12(8-15)9-16-13-7-11(3)5-6-14(13)17-4/h5-7,10,12,16H,8-9,15H2,1-4H3. The summed E-state index contributed by atoms with van der Waals surface area (Å²) < 4.78 is 5.33. The van der Waals surface area contributed by atoms with Crippen LogP contribution in [0.2, 0.25) is 0 Å². The SMILES string of the molecule is COc1ccc(C)cc1NCC(CN)C(C)C. The van der Waals surface area contributed by atoms with E-state index in [-0.39, 0.29) is 0 Å². The highest BCUT2D eigenvalue weighted by molar-refractivity contribution is 5.57. The van der Waals surface area contributed by atoms with Gasteiger partial charge in [0.15, 0.2) is 0 Å². The topological polar surface area (TPSA) is 47.3 Å². The van der Waals surface area contributed by atoms with Gasteiger partial charge in [-0.2, -0.15) is 0 Å². The summed E-state index contributed by atoms with van der Waals surface area (Å²) in [5.74, 6) is 1.96. The van der Waals surface area contributed by atoms with E-state index in [2.05, 4.69) is 32.2 Å². The van der Waals surface area contributed by atoms with Gasteiger partial charge in [0.25, 0.3) is 0 Å². The lowest BCUT2D eigenvalue weighted by molar-refractivity contribution is 0.405. The number of benzene rings is 1. The first-order valence-electron chi connectivity index (χ1n) is 6.17. The summed E-state index contributed by atoms with van der Waals surface area (Å²) in [6.07, 6.45) is 0. The molecule has 3 nitrogen and oxygen atoms in total. The van der Waals surface area contributed by atoms with Crippen LogP contribution in [0.1, 0.15) is 19.4 Å². The van der Waals surface area contributed by atoms with E-state index in [0.717, 1.165) is 18.0 Å². The first-order chi connectivity index (χ1) is 8.08. The quantitative estimate of drug-likeness (QED) is 0.798. The second-order valence-corrected chi connectivity index (χ2v) is 4.82. The molecule has 0 aliphatic rings. The Morgan fingerprint density at radius 3 is 2.59 bits per heavy atom. The lowest BCUT2D eigenvalue weighted by Gasteiger charge is -2.21. The van der Waals surface area contributed by atoms with E-state index in [1.807, 2.05) is 12.1 Å². The third-order valence-electron chi connectivity index (χ3n) is 3.16. The fraction of sp³-hybridized carbons (Fsp3) is 0.571. The Morgan fingerprint density at radius 1 is 1.35 bits per heavy atom. The highest BCUT2D eigenvalue weighted by atomic mass is 16.5. The van der Waals surface area contributed by atoms with Crippen molar-refractivity contribution in [2.24, 2.45) is 17.6 Å². The maximum absolute atomic E-state index is 5.77. The molecule has 0 bridgehead atoms. The van der Waals surface area contributed by atoms with E-state index >= 15 is 0 Å². The van der Waals surface area contributed by atoms with Gasteiger partial charge in [0.05, 0.1) is 12.8 Å². The van der Waals surface area contributed by atoms with E-state index in [1.165, 1.54) is 5.56 Å². The van der Waals surface area contributed by atoms with Crippen LogP contribution in [0.5, 0.6) is 5.75 Å². The predicted octanol–water partition coefficient (Wildman–Crippen LogP) is 2.65. The summed E-state index contributed by atoms with van der Waals surface area (Å²) >= 11 is 0. The molecule has 3 heteroatoms. The molecule has 0 saturated carbocycles. The zero-order chi connectivity index (χ0) is 12.8. The van der Waals surface area contributed by atoms with Gasteiger partial charge in [-0.3, -0.25) is 0 Å². The minimum Gasteiger partial charge on any atom is -0.495 e.